The molecule has 1 aliphatic rings. The molecule has 0 radical (unpaired) electrons. The first-order valence-electron chi connectivity index (χ1n) is 14.3. The first-order valence-corrected chi connectivity index (χ1v) is 16.5. The largest absolute Gasteiger partial charge is 0.468 e. The van der Waals surface area contributed by atoms with Gasteiger partial charge in [-0.3, -0.25) is 24.9 Å². The molecule has 16 heteroatoms. The molecule has 5 rings (SSSR count). The summed E-state index contributed by atoms with van der Waals surface area (Å²) in [6.07, 6.45) is 0.722. The van der Waals surface area contributed by atoms with E-state index in [-0.39, 0.29) is 27.9 Å². The molecule has 4 aromatic rings. The van der Waals surface area contributed by atoms with Crippen LogP contribution in [0.25, 0.3) is 0 Å². The maximum absolute atomic E-state index is 14.3. The van der Waals surface area contributed by atoms with E-state index >= 15 is 0 Å². The number of benzene rings is 3. The Hall–Kier alpha value is -4.60. The summed E-state index contributed by atoms with van der Waals surface area (Å²) in [7, 11) is 1.30. The number of anilines is 2. The molecular formula is C31H31ClFN5O7S2. The first-order chi connectivity index (χ1) is 22.7. The van der Waals surface area contributed by atoms with Gasteiger partial charge in [-0.2, -0.15) is 0 Å². The lowest BCUT2D eigenvalue weighted by Crippen LogP contribution is -2.31. The number of thioether (sulfide) groups is 1. The number of hydrogen-bond donors (Lipinski definition) is 2. The third kappa shape index (κ3) is 10.5. The Morgan fingerprint density at radius 3 is 2.40 bits per heavy atom. The van der Waals surface area contributed by atoms with Crippen LogP contribution in [0.4, 0.5) is 31.0 Å². The van der Waals surface area contributed by atoms with Crippen LogP contribution in [0, 0.1) is 5.82 Å². The molecule has 2 amide bonds. The number of nitrogens with one attached hydrogen (secondary N) is 2. The minimum absolute atomic E-state index is 0.0605. The smallest absolute Gasteiger partial charge is 0.417 e. The van der Waals surface area contributed by atoms with Gasteiger partial charge < -0.3 is 14.2 Å². The highest BCUT2D eigenvalue weighted by atomic mass is 35.5. The summed E-state index contributed by atoms with van der Waals surface area (Å²) >= 11 is 8.17. The van der Waals surface area contributed by atoms with Crippen molar-refractivity contribution in [2.75, 3.05) is 30.1 Å². The number of hydrogen-bond acceptors (Lipinski definition) is 10. The van der Waals surface area contributed by atoms with E-state index in [0.29, 0.717) is 39.9 Å². The third-order valence-electron chi connectivity index (χ3n) is 6.27. The summed E-state index contributed by atoms with van der Waals surface area (Å²) < 4.78 is 32.2. The number of fused-ring (bicyclic) bond motifs is 1. The lowest BCUT2D eigenvalue weighted by molar-refractivity contribution is -0.137. The van der Waals surface area contributed by atoms with Gasteiger partial charge in [0.15, 0.2) is 0 Å². The fourth-order valence-electron chi connectivity index (χ4n) is 4.12. The van der Waals surface area contributed by atoms with E-state index in [4.69, 9.17) is 21.1 Å². The summed E-state index contributed by atoms with van der Waals surface area (Å²) in [6, 6.07) is 18.1. The summed E-state index contributed by atoms with van der Waals surface area (Å²) in [5.41, 5.74) is 1.19. The van der Waals surface area contributed by atoms with Crippen LogP contribution in [0.3, 0.4) is 0 Å². The third-order valence-corrected chi connectivity index (χ3v) is 8.59. The topological polar surface area (TPSA) is 142 Å². The van der Waals surface area contributed by atoms with Gasteiger partial charge in [0.2, 0.25) is 4.80 Å². The molecule has 0 saturated carbocycles. The lowest BCUT2D eigenvalue weighted by atomic mass is 10.3. The molecule has 0 bridgehead atoms. The maximum Gasteiger partial charge on any atom is 0.417 e. The lowest BCUT2D eigenvalue weighted by Gasteiger charge is -2.15. The Balaban J connectivity index is 0.000000215. The molecule has 0 unspecified atom stereocenters. The van der Waals surface area contributed by atoms with Crippen LogP contribution in [0.1, 0.15) is 19.8 Å². The maximum atomic E-state index is 14.3. The van der Waals surface area contributed by atoms with E-state index in [2.05, 4.69) is 20.4 Å². The molecule has 47 heavy (non-hydrogen) atoms. The van der Waals surface area contributed by atoms with Gasteiger partial charge in [0.25, 0.3) is 0 Å². The number of methoxy groups -OCH3 is 1. The summed E-state index contributed by atoms with van der Waals surface area (Å²) in [4.78, 5) is 51.6. The predicted octanol–water partition coefficient (Wildman–Crippen LogP) is 6.66. The summed E-state index contributed by atoms with van der Waals surface area (Å²) in [5.74, 6) is -0.615. The van der Waals surface area contributed by atoms with E-state index in [1.54, 1.807) is 58.8 Å². The van der Waals surface area contributed by atoms with Gasteiger partial charge in [-0.05, 0) is 67.5 Å². The standard InChI is InChI=1S/C16H16N2O4.C15H15ClFN3O3S2/c1-2-21-15(19)18-13-9-6-10-14(11-13)22-16(20)17-12-7-4-3-5-8-12;1-23-13(21)8-24-12-7-11(10(17)6-9(12)16)18-14-19-4-2-3-5-20(19)15(22)25-14/h3-11H,2H2,1H3,(H,17,20)(H,18,19);6-7H,2-5,8H2,1H3. The highest BCUT2D eigenvalue weighted by Gasteiger charge is 2.15. The quantitative estimate of drug-likeness (QED) is 0.153. The molecule has 0 spiro atoms. The molecule has 2 N–H and O–H groups in total. The average molecular weight is 704 g/mol. The van der Waals surface area contributed by atoms with E-state index < -0.39 is 24.0 Å². The molecule has 3 aromatic carbocycles. The zero-order valence-corrected chi connectivity index (χ0v) is 27.8. The number of carbonyl (C=O) groups excluding carboxylic acids is 3. The highest BCUT2D eigenvalue weighted by Crippen LogP contribution is 2.33. The van der Waals surface area contributed by atoms with Gasteiger partial charge in [0.05, 0.1) is 24.5 Å². The van der Waals surface area contributed by atoms with Gasteiger partial charge in [0, 0.05) is 35.4 Å². The van der Waals surface area contributed by atoms with Gasteiger partial charge >= 0.3 is 23.0 Å². The molecule has 1 aromatic heterocycles. The molecule has 0 fully saturated rings. The van der Waals surface area contributed by atoms with Crippen molar-refractivity contribution in [1.82, 2.24) is 9.36 Å². The number of ether oxygens (including phenoxy) is 3. The molecule has 2 heterocycles. The van der Waals surface area contributed by atoms with Crippen molar-refractivity contribution in [2.24, 2.45) is 4.99 Å². The minimum atomic E-state index is -0.612. The van der Waals surface area contributed by atoms with Crippen LogP contribution in [-0.4, -0.2) is 47.0 Å². The number of amides is 2. The van der Waals surface area contributed by atoms with Crippen molar-refractivity contribution < 1.29 is 33.0 Å². The minimum Gasteiger partial charge on any atom is -0.468 e. The van der Waals surface area contributed by atoms with Crippen LogP contribution in [-0.2, 0) is 27.4 Å². The number of esters is 1. The van der Waals surface area contributed by atoms with E-state index in [1.165, 1.54) is 19.2 Å². The first kappa shape index (κ1) is 35.3. The van der Waals surface area contributed by atoms with Gasteiger partial charge in [0.1, 0.15) is 17.3 Å². The van der Waals surface area contributed by atoms with Crippen molar-refractivity contribution in [3.63, 3.8) is 0 Å². The second-order valence-corrected chi connectivity index (χ2v) is 11.9. The van der Waals surface area contributed by atoms with E-state index in [1.807, 2.05) is 6.07 Å². The van der Waals surface area contributed by atoms with E-state index in [0.717, 1.165) is 42.0 Å². The number of carbonyl (C=O) groups is 3. The van der Waals surface area contributed by atoms with Crippen LogP contribution in [0.2, 0.25) is 5.02 Å². The zero-order valence-electron chi connectivity index (χ0n) is 25.4. The Bertz CT molecular complexity index is 1850. The zero-order chi connectivity index (χ0) is 33.8. The Labute approximate surface area is 282 Å². The number of aromatic nitrogens is 2. The van der Waals surface area contributed by atoms with Crippen LogP contribution in [0.5, 0.6) is 5.75 Å². The van der Waals surface area contributed by atoms with Crippen LogP contribution >= 0.6 is 34.7 Å². The molecule has 1 aliphatic heterocycles. The van der Waals surface area contributed by atoms with Crippen molar-refractivity contribution in [3.05, 3.63) is 92.0 Å². The molecule has 0 aliphatic carbocycles. The Kier molecular flexibility index (Phi) is 13.0. The molecular weight excluding hydrogens is 673 g/mol. The van der Waals surface area contributed by atoms with Crippen molar-refractivity contribution in [2.45, 2.75) is 37.8 Å². The van der Waals surface area contributed by atoms with Gasteiger partial charge in [-0.15, -0.1) is 11.8 Å². The van der Waals surface area contributed by atoms with Crippen molar-refractivity contribution in [1.29, 1.82) is 0 Å². The average Bonchev–Trinajstić information content (AvgIpc) is 3.37. The van der Waals surface area contributed by atoms with Crippen LogP contribution in [0.15, 0.2) is 81.4 Å². The number of para-hydroxylation sites is 1. The van der Waals surface area contributed by atoms with Crippen molar-refractivity contribution >= 4 is 69.9 Å². The predicted molar refractivity (Wildman–Crippen MR) is 178 cm³/mol. The van der Waals surface area contributed by atoms with Gasteiger partial charge in [-0.1, -0.05) is 35.9 Å². The number of nitrogens with zero attached hydrogens (tertiary/aromatic N) is 3. The number of rotatable bonds is 8. The highest BCUT2D eigenvalue weighted by molar-refractivity contribution is 8.00. The van der Waals surface area contributed by atoms with Crippen molar-refractivity contribution in [3.8, 4) is 5.75 Å². The fourth-order valence-corrected chi connectivity index (χ4v) is 6.11. The van der Waals surface area contributed by atoms with Gasteiger partial charge in [-0.25, -0.2) is 23.7 Å². The van der Waals surface area contributed by atoms with E-state index in [9.17, 15) is 23.6 Å². The number of halogens is 2. The Morgan fingerprint density at radius 2 is 1.68 bits per heavy atom. The Morgan fingerprint density at radius 1 is 0.979 bits per heavy atom. The summed E-state index contributed by atoms with van der Waals surface area (Å²) in [6.45, 7) is 3.32. The normalized spacial score (nSPS) is 12.2. The monoisotopic (exact) mass is 703 g/mol. The molecule has 12 nitrogen and oxygen atoms in total. The molecule has 0 saturated heterocycles. The molecule has 248 valence electrons. The fraction of sp³-hybridized carbons (Fsp3) is 0.258. The second-order valence-electron chi connectivity index (χ2n) is 9.57. The summed E-state index contributed by atoms with van der Waals surface area (Å²) in [5, 5.41) is 5.33. The second kappa shape index (κ2) is 17.4. The SMILES string of the molecule is CCOC(=O)Nc1cccc(OC(=O)Nc2ccccc2)c1.COC(=O)CSc1cc(N=c2sc(=O)n3n2CCCC3)c(F)cc1Cl. The van der Waals surface area contributed by atoms with Crippen LogP contribution < -0.4 is 25.0 Å². The molecule has 0 atom stereocenters.